The summed E-state index contributed by atoms with van der Waals surface area (Å²) in [5.74, 6) is -0.00957. The van der Waals surface area contributed by atoms with Crippen molar-refractivity contribution in [3.8, 4) is 11.3 Å². The number of carbonyl (C=O) groups is 1. The van der Waals surface area contributed by atoms with E-state index in [1.807, 2.05) is 6.07 Å². The van der Waals surface area contributed by atoms with E-state index in [4.69, 9.17) is 0 Å². The molecule has 0 spiro atoms. The molecule has 7 nitrogen and oxygen atoms in total. The van der Waals surface area contributed by atoms with Gasteiger partial charge in [-0.25, -0.2) is 4.68 Å². The quantitative estimate of drug-likeness (QED) is 0.743. The molecule has 3 heterocycles. The molecule has 0 unspecified atom stereocenters. The summed E-state index contributed by atoms with van der Waals surface area (Å²) in [6.07, 6.45) is 3.27. The van der Waals surface area contributed by atoms with Crippen LogP contribution in [0, 0.1) is 13.8 Å². The van der Waals surface area contributed by atoms with E-state index in [2.05, 4.69) is 25.6 Å². The number of halogens is 2. The molecule has 0 aliphatic rings. The van der Waals surface area contributed by atoms with Gasteiger partial charge in [0.25, 0.3) is 0 Å². The van der Waals surface area contributed by atoms with Crippen LogP contribution in [0.3, 0.4) is 0 Å². The second-order valence-electron chi connectivity index (χ2n) is 5.51. The summed E-state index contributed by atoms with van der Waals surface area (Å²) in [5.41, 5.74) is 2.72. The van der Waals surface area contributed by atoms with Crippen molar-refractivity contribution < 1.29 is 13.6 Å². The van der Waals surface area contributed by atoms with Gasteiger partial charge in [0.15, 0.2) is 5.82 Å². The zero-order chi connectivity index (χ0) is 18.0. The lowest BCUT2D eigenvalue weighted by molar-refractivity contribution is -0.115. The van der Waals surface area contributed by atoms with Crippen molar-refractivity contribution in [1.29, 1.82) is 0 Å². The second kappa shape index (κ2) is 6.80. The topological polar surface area (TPSA) is 88.5 Å². The second-order valence-corrected chi connectivity index (χ2v) is 5.51. The number of hydrogen-bond donors (Lipinski definition) is 2. The number of carbonyl (C=O) groups excluding carboxylic acids is 1. The lowest BCUT2D eigenvalue weighted by Gasteiger charge is -2.04. The minimum Gasteiger partial charge on any atom is -0.309 e. The van der Waals surface area contributed by atoms with Gasteiger partial charge in [0.2, 0.25) is 5.91 Å². The number of anilines is 1. The van der Waals surface area contributed by atoms with E-state index in [0.717, 1.165) is 5.56 Å². The van der Waals surface area contributed by atoms with E-state index >= 15 is 0 Å². The van der Waals surface area contributed by atoms with Crippen LogP contribution in [0.1, 0.15) is 23.5 Å². The van der Waals surface area contributed by atoms with Gasteiger partial charge in [-0.15, -0.1) is 0 Å². The number of aromatic amines is 1. The van der Waals surface area contributed by atoms with Crippen molar-refractivity contribution >= 4 is 11.7 Å². The fraction of sp³-hybridized carbons (Fsp3) is 0.250. The molecule has 0 fully saturated rings. The molecule has 3 rings (SSSR count). The van der Waals surface area contributed by atoms with Crippen LogP contribution in [-0.2, 0) is 11.2 Å². The number of rotatable bonds is 5. The van der Waals surface area contributed by atoms with Crippen LogP contribution in [0.2, 0.25) is 0 Å². The van der Waals surface area contributed by atoms with E-state index in [9.17, 15) is 13.6 Å². The minimum absolute atomic E-state index is 0.0561. The van der Waals surface area contributed by atoms with Gasteiger partial charge in [-0.3, -0.25) is 14.9 Å². The molecule has 0 saturated carbocycles. The zero-order valence-electron chi connectivity index (χ0n) is 13.6. The smallest absolute Gasteiger partial charge is 0.309 e. The van der Waals surface area contributed by atoms with Crippen LogP contribution < -0.4 is 5.32 Å². The summed E-state index contributed by atoms with van der Waals surface area (Å²) in [6.45, 7) is 0.386. The summed E-state index contributed by atoms with van der Waals surface area (Å²) < 4.78 is 26.3. The Morgan fingerprint density at radius 1 is 1.40 bits per heavy atom. The molecule has 0 radical (unpaired) electrons. The average molecular weight is 346 g/mol. The van der Waals surface area contributed by atoms with Crippen LogP contribution in [0.25, 0.3) is 11.3 Å². The van der Waals surface area contributed by atoms with Crippen molar-refractivity contribution in [1.82, 2.24) is 25.0 Å². The van der Waals surface area contributed by atoms with Gasteiger partial charge >= 0.3 is 6.55 Å². The lowest BCUT2D eigenvalue weighted by atomic mass is 10.1. The van der Waals surface area contributed by atoms with E-state index in [0.29, 0.717) is 27.5 Å². The Kier molecular flexibility index (Phi) is 4.55. The average Bonchev–Trinajstić information content (AvgIpc) is 3.15. The number of alkyl halides is 2. The van der Waals surface area contributed by atoms with Crippen molar-refractivity contribution in [2.45, 2.75) is 26.8 Å². The minimum atomic E-state index is -2.73. The highest BCUT2D eigenvalue weighted by Gasteiger charge is 2.19. The van der Waals surface area contributed by atoms with E-state index in [1.165, 1.54) is 6.92 Å². The first-order valence-electron chi connectivity index (χ1n) is 7.54. The Morgan fingerprint density at radius 3 is 2.84 bits per heavy atom. The largest absolute Gasteiger partial charge is 0.333 e. The molecule has 3 aromatic rings. The molecule has 25 heavy (non-hydrogen) atoms. The number of aromatic nitrogens is 5. The lowest BCUT2D eigenvalue weighted by Crippen LogP contribution is -2.15. The summed E-state index contributed by atoms with van der Waals surface area (Å²) in [4.78, 5) is 16.2. The summed E-state index contributed by atoms with van der Waals surface area (Å²) in [6, 6.07) is 5.33. The summed E-state index contributed by atoms with van der Waals surface area (Å²) in [7, 11) is 0. The summed E-state index contributed by atoms with van der Waals surface area (Å²) >= 11 is 0. The van der Waals surface area contributed by atoms with Crippen LogP contribution >= 0.6 is 0 Å². The molecule has 3 aromatic heterocycles. The maximum atomic E-state index is 12.9. The third kappa shape index (κ3) is 3.54. The maximum absolute atomic E-state index is 12.9. The molecule has 0 aliphatic heterocycles. The molecule has 9 heteroatoms. The molecular weight excluding hydrogens is 330 g/mol. The number of aryl methyl sites for hydroxylation is 1. The molecule has 0 aliphatic carbocycles. The number of H-pyrrole nitrogens is 1. The number of nitrogens with one attached hydrogen (secondary N) is 2. The fourth-order valence-corrected chi connectivity index (χ4v) is 2.55. The third-order valence-electron chi connectivity index (χ3n) is 3.81. The van der Waals surface area contributed by atoms with Crippen molar-refractivity contribution in [2.75, 3.05) is 5.32 Å². The SMILES string of the molecule is Cc1nn(C(F)F)c(C)c1CC(=O)Nc1cc(-c2cccnc2)[nH]n1. The normalized spacial score (nSPS) is 11.1. The first kappa shape index (κ1) is 16.7. The van der Waals surface area contributed by atoms with Crippen LogP contribution in [0.4, 0.5) is 14.6 Å². The maximum Gasteiger partial charge on any atom is 0.333 e. The molecule has 130 valence electrons. The van der Waals surface area contributed by atoms with Crippen LogP contribution in [0.5, 0.6) is 0 Å². The Morgan fingerprint density at radius 2 is 2.20 bits per heavy atom. The number of hydrogen-bond acceptors (Lipinski definition) is 4. The standard InChI is InChI=1S/C16H16F2N6O/c1-9-12(10(2)24(23-9)16(17)18)6-15(25)20-14-7-13(21-22-14)11-4-3-5-19-8-11/h3-5,7-8,16H,6H2,1-2H3,(H2,20,21,22,25). The highest BCUT2D eigenvalue weighted by atomic mass is 19.3. The first-order valence-corrected chi connectivity index (χ1v) is 7.54. The molecular formula is C16H16F2N6O. The molecule has 0 saturated heterocycles. The monoisotopic (exact) mass is 346 g/mol. The predicted octanol–water partition coefficient (Wildman–Crippen LogP) is 2.86. The zero-order valence-corrected chi connectivity index (χ0v) is 13.6. The Labute approximate surface area is 142 Å². The van der Waals surface area contributed by atoms with Crippen molar-refractivity contribution in [3.63, 3.8) is 0 Å². The highest BCUT2D eigenvalue weighted by molar-refractivity contribution is 5.92. The van der Waals surface area contributed by atoms with E-state index in [1.54, 1.807) is 31.5 Å². The molecule has 0 aromatic carbocycles. The van der Waals surface area contributed by atoms with Crippen LogP contribution in [0.15, 0.2) is 30.6 Å². The fourth-order valence-electron chi connectivity index (χ4n) is 2.55. The van der Waals surface area contributed by atoms with Gasteiger partial charge in [0, 0.05) is 35.3 Å². The number of amides is 1. The van der Waals surface area contributed by atoms with E-state index < -0.39 is 6.55 Å². The van der Waals surface area contributed by atoms with Crippen molar-refractivity contribution in [3.05, 3.63) is 47.5 Å². The van der Waals surface area contributed by atoms with Gasteiger partial charge in [0.05, 0.1) is 17.8 Å². The number of nitrogens with zero attached hydrogens (tertiary/aromatic N) is 4. The molecule has 0 atom stereocenters. The van der Waals surface area contributed by atoms with Gasteiger partial charge < -0.3 is 5.32 Å². The van der Waals surface area contributed by atoms with Crippen LogP contribution in [-0.4, -0.2) is 30.9 Å². The summed E-state index contributed by atoms with van der Waals surface area (Å²) in [5, 5.41) is 13.3. The Bertz CT molecular complexity index is 887. The first-order chi connectivity index (χ1) is 12.0. The predicted molar refractivity (Wildman–Crippen MR) is 87.1 cm³/mol. The number of pyridine rings is 1. The Hall–Kier alpha value is -3.10. The Balaban J connectivity index is 1.71. The van der Waals surface area contributed by atoms with Gasteiger partial charge in [-0.1, -0.05) is 0 Å². The highest BCUT2D eigenvalue weighted by Crippen LogP contribution is 2.21. The molecule has 2 N–H and O–H groups in total. The van der Waals surface area contributed by atoms with Gasteiger partial charge in [-0.05, 0) is 26.0 Å². The van der Waals surface area contributed by atoms with E-state index in [-0.39, 0.29) is 18.0 Å². The van der Waals surface area contributed by atoms with Gasteiger partial charge in [-0.2, -0.15) is 19.0 Å². The molecule has 1 amide bonds. The third-order valence-corrected chi connectivity index (χ3v) is 3.81. The van der Waals surface area contributed by atoms with Gasteiger partial charge in [0.1, 0.15) is 0 Å². The van der Waals surface area contributed by atoms with Crippen molar-refractivity contribution in [2.24, 2.45) is 0 Å². The molecule has 0 bridgehead atoms.